The normalized spacial score (nSPS) is 11.7. The molecule has 72 valence electrons. The van der Waals surface area contributed by atoms with E-state index in [2.05, 4.69) is 25.8 Å². The SMILES string of the molecule is COCCN=C(NN)c1cn[nH]n1. The number of methoxy groups -OCH3 is 1. The average molecular weight is 184 g/mol. The minimum atomic E-state index is 0.491. The number of rotatable bonds is 4. The van der Waals surface area contributed by atoms with Crippen molar-refractivity contribution in [1.82, 2.24) is 20.8 Å². The van der Waals surface area contributed by atoms with Crippen LogP contribution in [0.4, 0.5) is 0 Å². The lowest BCUT2D eigenvalue weighted by Gasteiger charge is -2.00. The summed E-state index contributed by atoms with van der Waals surface area (Å²) >= 11 is 0. The number of H-pyrrole nitrogens is 1. The standard InChI is InChI=1S/C6H12N6O/c1-13-3-2-8-6(10-7)5-4-9-12-11-5/h4H,2-3,7H2,1H3,(H,8,10)(H,9,11,12). The molecule has 0 aliphatic heterocycles. The molecule has 0 radical (unpaired) electrons. The van der Waals surface area contributed by atoms with Gasteiger partial charge in [-0.05, 0) is 0 Å². The molecule has 13 heavy (non-hydrogen) atoms. The van der Waals surface area contributed by atoms with Crippen molar-refractivity contribution < 1.29 is 4.74 Å². The minimum Gasteiger partial charge on any atom is -0.383 e. The molecule has 0 aliphatic rings. The lowest BCUT2D eigenvalue weighted by molar-refractivity contribution is 0.208. The highest BCUT2D eigenvalue weighted by Gasteiger charge is 2.02. The number of amidine groups is 1. The van der Waals surface area contributed by atoms with Crippen LogP contribution < -0.4 is 11.3 Å². The van der Waals surface area contributed by atoms with Gasteiger partial charge in [0.2, 0.25) is 0 Å². The van der Waals surface area contributed by atoms with Crippen molar-refractivity contribution in [3.05, 3.63) is 11.9 Å². The number of aromatic nitrogens is 3. The molecule has 0 aliphatic carbocycles. The monoisotopic (exact) mass is 184 g/mol. The third-order valence-electron chi connectivity index (χ3n) is 1.36. The molecule has 0 aromatic carbocycles. The zero-order valence-corrected chi connectivity index (χ0v) is 7.32. The first-order valence-electron chi connectivity index (χ1n) is 3.74. The summed E-state index contributed by atoms with van der Waals surface area (Å²) in [4.78, 5) is 4.11. The van der Waals surface area contributed by atoms with Crippen LogP contribution in [0.5, 0.6) is 0 Å². The van der Waals surface area contributed by atoms with Crippen LogP contribution >= 0.6 is 0 Å². The maximum absolute atomic E-state index is 5.24. The van der Waals surface area contributed by atoms with Gasteiger partial charge < -0.3 is 10.2 Å². The molecule has 0 saturated carbocycles. The Balaban J connectivity index is 2.57. The Kier molecular flexibility index (Phi) is 3.86. The second-order valence-electron chi connectivity index (χ2n) is 2.22. The number of hydrogen-bond acceptors (Lipinski definition) is 5. The van der Waals surface area contributed by atoms with Crippen LogP contribution in [0, 0.1) is 0 Å². The topological polar surface area (TPSA) is 101 Å². The van der Waals surface area contributed by atoms with Gasteiger partial charge in [-0.1, -0.05) is 0 Å². The lowest BCUT2D eigenvalue weighted by Crippen LogP contribution is -2.31. The summed E-state index contributed by atoms with van der Waals surface area (Å²) in [7, 11) is 1.61. The van der Waals surface area contributed by atoms with E-state index in [1.54, 1.807) is 7.11 Å². The van der Waals surface area contributed by atoms with Gasteiger partial charge in [-0.25, -0.2) is 5.84 Å². The van der Waals surface area contributed by atoms with Crippen LogP contribution in [0.25, 0.3) is 0 Å². The van der Waals surface area contributed by atoms with E-state index >= 15 is 0 Å². The van der Waals surface area contributed by atoms with Gasteiger partial charge in [-0.3, -0.25) is 4.99 Å². The number of hydrazine groups is 1. The number of aromatic amines is 1. The van der Waals surface area contributed by atoms with Gasteiger partial charge in [0.25, 0.3) is 0 Å². The first kappa shape index (κ1) is 9.62. The van der Waals surface area contributed by atoms with Crippen molar-refractivity contribution in [3.8, 4) is 0 Å². The Hall–Kier alpha value is -1.47. The van der Waals surface area contributed by atoms with E-state index in [0.29, 0.717) is 24.7 Å². The van der Waals surface area contributed by atoms with Crippen molar-refractivity contribution in [1.29, 1.82) is 0 Å². The quantitative estimate of drug-likeness (QED) is 0.177. The molecule has 1 heterocycles. The second-order valence-corrected chi connectivity index (χ2v) is 2.22. The fourth-order valence-electron chi connectivity index (χ4n) is 0.765. The first-order valence-corrected chi connectivity index (χ1v) is 3.74. The van der Waals surface area contributed by atoms with Gasteiger partial charge in [-0.15, -0.1) is 0 Å². The largest absolute Gasteiger partial charge is 0.383 e. The van der Waals surface area contributed by atoms with Crippen LogP contribution in [-0.2, 0) is 4.74 Å². The van der Waals surface area contributed by atoms with E-state index in [4.69, 9.17) is 10.6 Å². The third-order valence-corrected chi connectivity index (χ3v) is 1.36. The lowest BCUT2D eigenvalue weighted by atomic mass is 10.4. The molecule has 1 aromatic rings. The predicted molar refractivity (Wildman–Crippen MR) is 47.0 cm³/mol. The summed E-state index contributed by atoms with van der Waals surface area (Å²) < 4.78 is 4.83. The highest BCUT2D eigenvalue weighted by atomic mass is 16.5. The van der Waals surface area contributed by atoms with E-state index in [9.17, 15) is 0 Å². The van der Waals surface area contributed by atoms with Gasteiger partial charge >= 0.3 is 0 Å². The number of nitrogens with one attached hydrogen (secondary N) is 2. The molecule has 0 bridgehead atoms. The van der Waals surface area contributed by atoms with Crippen molar-refractivity contribution >= 4 is 5.84 Å². The Morgan fingerprint density at radius 1 is 1.85 bits per heavy atom. The molecule has 0 unspecified atom stereocenters. The smallest absolute Gasteiger partial charge is 0.165 e. The number of nitrogens with two attached hydrogens (primary N) is 1. The molecular weight excluding hydrogens is 172 g/mol. The fourth-order valence-corrected chi connectivity index (χ4v) is 0.765. The molecule has 0 atom stereocenters. The zero-order valence-electron chi connectivity index (χ0n) is 7.32. The Bertz CT molecular complexity index is 256. The molecule has 1 rings (SSSR count). The van der Waals surface area contributed by atoms with Crippen LogP contribution in [0.1, 0.15) is 5.69 Å². The van der Waals surface area contributed by atoms with E-state index in [0.717, 1.165) is 0 Å². The third kappa shape index (κ3) is 2.80. The van der Waals surface area contributed by atoms with Crippen LogP contribution in [0.3, 0.4) is 0 Å². The van der Waals surface area contributed by atoms with E-state index in [1.807, 2.05) is 0 Å². The zero-order chi connectivity index (χ0) is 9.52. The summed E-state index contributed by atoms with van der Waals surface area (Å²) in [6.45, 7) is 1.08. The van der Waals surface area contributed by atoms with Gasteiger partial charge in [0.05, 0.1) is 19.3 Å². The molecule has 7 nitrogen and oxygen atoms in total. The summed E-state index contributed by atoms with van der Waals surface area (Å²) in [6, 6.07) is 0. The summed E-state index contributed by atoms with van der Waals surface area (Å²) in [5.74, 6) is 5.73. The Morgan fingerprint density at radius 3 is 3.23 bits per heavy atom. The second kappa shape index (κ2) is 5.22. The molecule has 1 aromatic heterocycles. The average Bonchev–Trinajstić information content (AvgIpc) is 2.65. The van der Waals surface area contributed by atoms with Crippen LogP contribution in [-0.4, -0.2) is 41.5 Å². The molecule has 0 spiro atoms. The molecule has 0 saturated heterocycles. The van der Waals surface area contributed by atoms with E-state index in [1.165, 1.54) is 6.20 Å². The van der Waals surface area contributed by atoms with Gasteiger partial charge in [-0.2, -0.15) is 15.4 Å². The van der Waals surface area contributed by atoms with Gasteiger partial charge in [0.15, 0.2) is 5.84 Å². The summed E-state index contributed by atoms with van der Waals surface area (Å²) in [6.07, 6.45) is 1.53. The number of hydrogen-bond donors (Lipinski definition) is 3. The van der Waals surface area contributed by atoms with Crippen molar-refractivity contribution in [3.63, 3.8) is 0 Å². The van der Waals surface area contributed by atoms with Crippen LogP contribution in [0.2, 0.25) is 0 Å². The highest BCUT2D eigenvalue weighted by Crippen LogP contribution is 1.89. The Labute approximate surface area is 75.3 Å². The Morgan fingerprint density at radius 2 is 2.69 bits per heavy atom. The molecule has 7 heteroatoms. The number of aliphatic imine (C=N–C) groups is 1. The van der Waals surface area contributed by atoms with Gasteiger partial charge in [0.1, 0.15) is 5.69 Å². The molecule has 4 N–H and O–H groups in total. The van der Waals surface area contributed by atoms with E-state index < -0.39 is 0 Å². The maximum Gasteiger partial charge on any atom is 0.165 e. The van der Waals surface area contributed by atoms with Crippen molar-refractivity contribution in [2.45, 2.75) is 0 Å². The molecule has 0 fully saturated rings. The first-order chi connectivity index (χ1) is 6.38. The maximum atomic E-state index is 5.24. The number of ether oxygens (including phenoxy) is 1. The van der Waals surface area contributed by atoms with Crippen molar-refractivity contribution in [2.75, 3.05) is 20.3 Å². The predicted octanol–water partition coefficient (Wildman–Crippen LogP) is -1.34. The number of nitrogens with zero attached hydrogens (tertiary/aromatic N) is 3. The van der Waals surface area contributed by atoms with Crippen molar-refractivity contribution in [2.24, 2.45) is 10.8 Å². The minimum absolute atomic E-state index is 0.491. The molecule has 0 amide bonds. The summed E-state index contributed by atoms with van der Waals surface area (Å²) in [5.41, 5.74) is 3.02. The molecular formula is C6H12N6O. The fraction of sp³-hybridized carbons (Fsp3) is 0.500. The van der Waals surface area contributed by atoms with E-state index in [-0.39, 0.29) is 0 Å². The summed E-state index contributed by atoms with van der Waals surface area (Å²) in [5, 5.41) is 9.92. The van der Waals surface area contributed by atoms with Crippen LogP contribution in [0.15, 0.2) is 11.2 Å². The van der Waals surface area contributed by atoms with Gasteiger partial charge in [0, 0.05) is 7.11 Å². The highest BCUT2D eigenvalue weighted by molar-refractivity contribution is 5.96.